The van der Waals surface area contributed by atoms with Crippen molar-refractivity contribution in [3.05, 3.63) is 24.3 Å². The number of rotatable bonds is 5. The number of likely N-dealkylation sites (tertiary alicyclic amines) is 1. The van der Waals surface area contributed by atoms with Crippen molar-refractivity contribution in [1.29, 1.82) is 0 Å². The second kappa shape index (κ2) is 7.76. The first-order valence-electron chi connectivity index (χ1n) is 9.11. The van der Waals surface area contributed by atoms with Crippen LogP contribution in [-0.2, 0) is 14.4 Å². The number of benzene rings is 1. The van der Waals surface area contributed by atoms with Gasteiger partial charge in [0.25, 0.3) is 0 Å². The van der Waals surface area contributed by atoms with Crippen LogP contribution in [0.15, 0.2) is 24.3 Å². The van der Waals surface area contributed by atoms with Crippen LogP contribution in [0, 0.1) is 11.8 Å². The average molecular weight is 359 g/mol. The fourth-order valence-electron chi connectivity index (χ4n) is 3.68. The van der Waals surface area contributed by atoms with Gasteiger partial charge >= 0.3 is 0 Å². The molecule has 0 aromatic heterocycles. The summed E-state index contributed by atoms with van der Waals surface area (Å²) in [4.78, 5) is 40.0. The Kier molecular flexibility index (Phi) is 5.44. The summed E-state index contributed by atoms with van der Waals surface area (Å²) < 4.78 is 5.42. The number of amides is 3. The van der Waals surface area contributed by atoms with Gasteiger partial charge in [-0.3, -0.25) is 14.4 Å². The van der Waals surface area contributed by atoms with E-state index in [4.69, 9.17) is 10.5 Å². The van der Waals surface area contributed by atoms with Crippen molar-refractivity contribution in [3.63, 3.8) is 0 Å². The zero-order valence-electron chi connectivity index (χ0n) is 15.0. The molecule has 3 rings (SSSR count). The molecule has 0 radical (unpaired) electrons. The molecule has 7 heteroatoms. The lowest BCUT2D eigenvalue weighted by Crippen LogP contribution is -2.46. The van der Waals surface area contributed by atoms with E-state index in [1.807, 2.05) is 31.2 Å². The van der Waals surface area contributed by atoms with Crippen molar-refractivity contribution < 1.29 is 19.1 Å². The predicted molar refractivity (Wildman–Crippen MR) is 96.6 cm³/mol. The van der Waals surface area contributed by atoms with Gasteiger partial charge in [0.1, 0.15) is 5.75 Å². The molecule has 7 nitrogen and oxygen atoms in total. The topological polar surface area (TPSA) is 92.9 Å². The van der Waals surface area contributed by atoms with Crippen LogP contribution >= 0.6 is 0 Å². The second-order valence-corrected chi connectivity index (χ2v) is 6.86. The van der Waals surface area contributed by atoms with E-state index in [9.17, 15) is 14.4 Å². The van der Waals surface area contributed by atoms with Gasteiger partial charge in [0.05, 0.1) is 18.4 Å². The van der Waals surface area contributed by atoms with E-state index in [-0.39, 0.29) is 36.0 Å². The molecule has 0 aliphatic carbocycles. The number of hydrogen-bond acceptors (Lipinski definition) is 4. The lowest BCUT2D eigenvalue weighted by molar-refractivity contribution is -0.139. The number of nitrogens with zero attached hydrogens (tertiary/aromatic N) is 2. The van der Waals surface area contributed by atoms with Crippen LogP contribution in [0.3, 0.4) is 0 Å². The fraction of sp³-hybridized carbons (Fsp3) is 0.526. The van der Waals surface area contributed by atoms with Crippen molar-refractivity contribution in [3.8, 4) is 5.75 Å². The van der Waals surface area contributed by atoms with E-state index < -0.39 is 0 Å². The summed E-state index contributed by atoms with van der Waals surface area (Å²) in [6.07, 6.45) is 1.69. The third kappa shape index (κ3) is 3.81. The fourth-order valence-corrected chi connectivity index (χ4v) is 3.68. The maximum atomic E-state index is 12.8. The second-order valence-electron chi connectivity index (χ2n) is 6.86. The first-order valence-corrected chi connectivity index (χ1v) is 9.11. The first kappa shape index (κ1) is 18.2. The van der Waals surface area contributed by atoms with Crippen LogP contribution < -0.4 is 15.4 Å². The SMILES string of the molecule is CCOc1ccc(N2C[C@@H](C(=O)N3CCC[C@@H](C(N)=O)C3)CC2=O)cc1. The van der Waals surface area contributed by atoms with Gasteiger partial charge in [0, 0.05) is 31.7 Å². The van der Waals surface area contributed by atoms with Crippen molar-refractivity contribution >= 4 is 23.4 Å². The summed E-state index contributed by atoms with van der Waals surface area (Å²) in [6, 6.07) is 7.31. The molecule has 2 saturated heterocycles. The van der Waals surface area contributed by atoms with Crippen molar-refractivity contribution in [2.75, 3.05) is 31.1 Å². The molecule has 2 aliphatic heterocycles. The number of anilines is 1. The van der Waals surface area contributed by atoms with Crippen LogP contribution in [-0.4, -0.2) is 48.9 Å². The van der Waals surface area contributed by atoms with Crippen molar-refractivity contribution in [2.24, 2.45) is 17.6 Å². The van der Waals surface area contributed by atoms with E-state index in [2.05, 4.69) is 0 Å². The highest BCUT2D eigenvalue weighted by Gasteiger charge is 2.38. The summed E-state index contributed by atoms with van der Waals surface area (Å²) in [7, 11) is 0. The molecule has 26 heavy (non-hydrogen) atoms. The quantitative estimate of drug-likeness (QED) is 0.854. The molecule has 2 atom stereocenters. The minimum absolute atomic E-state index is 0.0577. The van der Waals surface area contributed by atoms with Gasteiger partial charge in [-0.1, -0.05) is 0 Å². The number of hydrogen-bond donors (Lipinski definition) is 1. The Balaban J connectivity index is 1.65. The molecule has 0 bridgehead atoms. The Bertz CT molecular complexity index is 689. The molecule has 2 heterocycles. The lowest BCUT2D eigenvalue weighted by Gasteiger charge is -2.32. The summed E-state index contributed by atoms with van der Waals surface area (Å²) in [5.41, 5.74) is 6.15. The van der Waals surface area contributed by atoms with Crippen LogP contribution in [0.2, 0.25) is 0 Å². The minimum Gasteiger partial charge on any atom is -0.494 e. The Labute approximate surface area is 153 Å². The molecule has 1 aromatic carbocycles. The molecule has 2 aliphatic rings. The maximum absolute atomic E-state index is 12.8. The number of ether oxygens (including phenoxy) is 1. The van der Waals surface area contributed by atoms with Gasteiger partial charge in [0.15, 0.2) is 0 Å². The maximum Gasteiger partial charge on any atom is 0.228 e. The molecule has 140 valence electrons. The predicted octanol–water partition coefficient (Wildman–Crippen LogP) is 1.16. The number of carbonyl (C=O) groups excluding carboxylic acids is 3. The van der Waals surface area contributed by atoms with E-state index in [1.54, 1.807) is 9.80 Å². The molecular formula is C19H25N3O4. The Morgan fingerprint density at radius 2 is 1.92 bits per heavy atom. The summed E-state index contributed by atoms with van der Waals surface area (Å²) >= 11 is 0. The molecule has 0 saturated carbocycles. The molecular weight excluding hydrogens is 334 g/mol. The van der Waals surface area contributed by atoms with Crippen LogP contribution in [0.4, 0.5) is 5.69 Å². The standard InChI is InChI=1S/C19H25N3O4/c1-2-26-16-7-5-15(6-8-16)22-12-14(10-17(22)23)19(25)21-9-3-4-13(11-21)18(20)24/h5-8,13-14H,2-4,9-12H2,1H3,(H2,20,24)/t13-,14+/m1/s1. The average Bonchev–Trinajstić information content (AvgIpc) is 3.04. The largest absolute Gasteiger partial charge is 0.494 e. The van der Waals surface area contributed by atoms with E-state index in [1.165, 1.54) is 0 Å². The van der Waals surface area contributed by atoms with Gasteiger partial charge in [-0.05, 0) is 44.0 Å². The van der Waals surface area contributed by atoms with E-state index >= 15 is 0 Å². The van der Waals surface area contributed by atoms with Gasteiger partial charge in [-0.2, -0.15) is 0 Å². The zero-order valence-corrected chi connectivity index (χ0v) is 15.0. The normalized spacial score (nSPS) is 23.2. The Morgan fingerprint density at radius 1 is 1.19 bits per heavy atom. The van der Waals surface area contributed by atoms with Gasteiger partial charge in [-0.25, -0.2) is 0 Å². The molecule has 3 amide bonds. The summed E-state index contributed by atoms with van der Waals surface area (Å²) in [6.45, 7) is 3.85. The zero-order chi connectivity index (χ0) is 18.7. The van der Waals surface area contributed by atoms with Crippen molar-refractivity contribution in [2.45, 2.75) is 26.2 Å². The molecule has 1 aromatic rings. The van der Waals surface area contributed by atoms with Gasteiger partial charge in [-0.15, -0.1) is 0 Å². The third-order valence-electron chi connectivity index (χ3n) is 5.07. The van der Waals surface area contributed by atoms with Crippen LogP contribution in [0.1, 0.15) is 26.2 Å². The molecule has 2 fully saturated rings. The minimum atomic E-state index is -0.374. The molecule has 2 N–H and O–H groups in total. The first-order chi connectivity index (χ1) is 12.5. The highest BCUT2D eigenvalue weighted by molar-refractivity contribution is 6.00. The smallest absolute Gasteiger partial charge is 0.228 e. The van der Waals surface area contributed by atoms with Crippen LogP contribution in [0.5, 0.6) is 5.75 Å². The summed E-state index contributed by atoms with van der Waals surface area (Å²) in [5.74, 6) is -0.385. The van der Waals surface area contributed by atoms with Crippen molar-refractivity contribution in [1.82, 2.24) is 4.90 Å². The van der Waals surface area contributed by atoms with Crippen LogP contribution in [0.25, 0.3) is 0 Å². The van der Waals surface area contributed by atoms with E-state index in [0.29, 0.717) is 26.2 Å². The monoisotopic (exact) mass is 359 g/mol. The highest BCUT2D eigenvalue weighted by atomic mass is 16.5. The Morgan fingerprint density at radius 3 is 2.58 bits per heavy atom. The lowest BCUT2D eigenvalue weighted by atomic mass is 9.96. The molecule has 0 unspecified atom stereocenters. The number of carbonyl (C=O) groups is 3. The van der Waals surface area contributed by atoms with Gasteiger partial charge in [0.2, 0.25) is 17.7 Å². The van der Waals surface area contributed by atoms with E-state index in [0.717, 1.165) is 24.3 Å². The number of primary amides is 1. The number of piperidine rings is 1. The summed E-state index contributed by atoms with van der Waals surface area (Å²) in [5, 5.41) is 0. The number of nitrogens with two attached hydrogens (primary N) is 1. The third-order valence-corrected chi connectivity index (χ3v) is 5.07. The molecule has 0 spiro atoms. The Hall–Kier alpha value is -2.57. The highest BCUT2D eigenvalue weighted by Crippen LogP contribution is 2.29. The van der Waals surface area contributed by atoms with Gasteiger partial charge < -0.3 is 20.3 Å².